The molecule has 1 aliphatic rings. The van der Waals surface area contributed by atoms with Crippen LogP contribution >= 0.6 is 0 Å². The zero-order chi connectivity index (χ0) is 5.28. The van der Waals surface area contributed by atoms with Crippen molar-refractivity contribution < 1.29 is 0 Å². The van der Waals surface area contributed by atoms with Crippen molar-refractivity contribution in [3.63, 3.8) is 0 Å². The molecule has 0 nitrogen and oxygen atoms in total. The van der Waals surface area contributed by atoms with E-state index >= 15 is 0 Å². The van der Waals surface area contributed by atoms with Crippen LogP contribution in [0.2, 0.25) is 0 Å². The zero-order valence-electron chi connectivity index (χ0n) is 5.15. The highest BCUT2D eigenvalue weighted by Gasteiger charge is 2.09. The topological polar surface area (TPSA) is 0 Å². The Morgan fingerprint density at radius 2 is 1.57 bits per heavy atom. The Morgan fingerprint density at radius 3 is 1.71 bits per heavy atom. The first-order valence-corrected chi connectivity index (χ1v) is 3.12. The third-order valence-corrected chi connectivity index (χ3v) is 2.05. The molecule has 7 heavy (non-hydrogen) atoms. The molecule has 1 saturated carbocycles. The SMILES string of the molecule is CC1C[CH-]CC1C. The quantitative estimate of drug-likeness (QED) is 0.407. The van der Waals surface area contributed by atoms with Gasteiger partial charge in [-0.3, -0.25) is 0 Å². The van der Waals surface area contributed by atoms with Crippen molar-refractivity contribution >= 4 is 0 Å². The van der Waals surface area contributed by atoms with E-state index in [4.69, 9.17) is 0 Å². The van der Waals surface area contributed by atoms with E-state index < -0.39 is 0 Å². The Kier molecular flexibility index (Phi) is 1.36. The van der Waals surface area contributed by atoms with Gasteiger partial charge in [0, 0.05) is 0 Å². The van der Waals surface area contributed by atoms with Crippen molar-refractivity contribution in [3.05, 3.63) is 6.42 Å². The average molecular weight is 97.2 g/mol. The van der Waals surface area contributed by atoms with Gasteiger partial charge in [0.2, 0.25) is 0 Å². The fourth-order valence-electron chi connectivity index (χ4n) is 1.09. The lowest BCUT2D eigenvalue weighted by atomic mass is 10.0. The maximum absolute atomic E-state index is 2.40. The number of hydrogen-bond donors (Lipinski definition) is 0. The minimum absolute atomic E-state index is 0.958. The highest BCUT2D eigenvalue weighted by molar-refractivity contribution is 4.82. The van der Waals surface area contributed by atoms with Crippen LogP contribution in [0.1, 0.15) is 26.7 Å². The van der Waals surface area contributed by atoms with Gasteiger partial charge in [-0.05, 0) is 0 Å². The van der Waals surface area contributed by atoms with Gasteiger partial charge in [-0.1, -0.05) is 25.7 Å². The van der Waals surface area contributed by atoms with Crippen LogP contribution in [0.25, 0.3) is 0 Å². The lowest BCUT2D eigenvalue weighted by molar-refractivity contribution is 0.457. The fraction of sp³-hybridized carbons (Fsp3) is 0.857. The second kappa shape index (κ2) is 1.85. The van der Waals surface area contributed by atoms with Crippen LogP contribution in [0.15, 0.2) is 0 Å². The van der Waals surface area contributed by atoms with E-state index in [2.05, 4.69) is 20.3 Å². The minimum atomic E-state index is 0.958. The summed E-state index contributed by atoms with van der Waals surface area (Å²) in [4.78, 5) is 0. The molecule has 1 aliphatic carbocycles. The van der Waals surface area contributed by atoms with Crippen molar-refractivity contribution in [1.29, 1.82) is 0 Å². The summed E-state index contributed by atoms with van der Waals surface area (Å²) in [6, 6.07) is 0. The van der Waals surface area contributed by atoms with Gasteiger partial charge in [0.05, 0.1) is 0 Å². The first kappa shape index (κ1) is 5.14. The number of hydrogen-bond acceptors (Lipinski definition) is 0. The van der Waals surface area contributed by atoms with Gasteiger partial charge in [0.15, 0.2) is 0 Å². The molecule has 0 radical (unpaired) electrons. The molecule has 0 amide bonds. The average Bonchev–Trinajstić information content (AvgIpc) is 1.91. The molecule has 0 aromatic heterocycles. The first-order valence-electron chi connectivity index (χ1n) is 3.12. The third kappa shape index (κ3) is 0.960. The maximum atomic E-state index is 2.40. The summed E-state index contributed by atoms with van der Waals surface area (Å²) in [6.45, 7) is 4.66. The van der Waals surface area contributed by atoms with Crippen molar-refractivity contribution in [2.24, 2.45) is 11.8 Å². The van der Waals surface area contributed by atoms with Crippen LogP contribution in [0, 0.1) is 18.3 Å². The van der Waals surface area contributed by atoms with E-state index in [1.807, 2.05) is 0 Å². The van der Waals surface area contributed by atoms with E-state index in [0.29, 0.717) is 0 Å². The second-order valence-electron chi connectivity index (χ2n) is 2.71. The van der Waals surface area contributed by atoms with Crippen LogP contribution in [0.4, 0.5) is 0 Å². The van der Waals surface area contributed by atoms with Gasteiger partial charge in [0.25, 0.3) is 0 Å². The molecule has 0 N–H and O–H groups in total. The van der Waals surface area contributed by atoms with Crippen LogP contribution in [-0.4, -0.2) is 0 Å². The smallest absolute Gasteiger partial charge is 0.0648 e. The van der Waals surface area contributed by atoms with Gasteiger partial charge in [-0.15, -0.1) is 0 Å². The van der Waals surface area contributed by atoms with Crippen molar-refractivity contribution in [3.8, 4) is 0 Å². The highest BCUT2D eigenvalue weighted by Crippen LogP contribution is 2.29. The molecule has 0 aliphatic heterocycles. The molecule has 2 unspecified atom stereocenters. The maximum Gasteiger partial charge on any atom is -0.0648 e. The third-order valence-electron chi connectivity index (χ3n) is 2.05. The van der Waals surface area contributed by atoms with Crippen LogP contribution in [0.5, 0.6) is 0 Å². The second-order valence-corrected chi connectivity index (χ2v) is 2.71. The normalized spacial score (nSPS) is 42.0. The Hall–Kier alpha value is 0. The Morgan fingerprint density at radius 1 is 1.14 bits per heavy atom. The molecule has 0 heterocycles. The molecule has 0 heteroatoms. The summed E-state index contributed by atoms with van der Waals surface area (Å²) >= 11 is 0. The molecule has 0 bridgehead atoms. The van der Waals surface area contributed by atoms with Gasteiger partial charge in [0.1, 0.15) is 0 Å². The van der Waals surface area contributed by atoms with Gasteiger partial charge in [-0.2, -0.15) is 12.8 Å². The monoisotopic (exact) mass is 97.1 g/mol. The van der Waals surface area contributed by atoms with E-state index in [0.717, 1.165) is 11.8 Å². The predicted molar refractivity (Wildman–Crippen MR) is 31.9 cm³/mol. The predicted octanol–water partition coefficient (Wildman–Crippen LogP) is 2.26. The first-order chi connectivity index (χ1) is 3.30. The molecule has 0 aromatic rings. The molecule has 0 aromatic carbocycles. The standard InChI is InChI=1S/C7H13/c1-6-4-3-5-7(6)2/h3,6-7H,4-5H2,1-2H3/q-1. The highest BCUT2D eigenvalue weighted by atomic mass is 14.2. The zero-order valence-corrected chi connectivity index (χ0v) is 5.15. The molecular weight excluding hydrogens is 84.1 g/mol. The summed E-state index contributed by atoms with van der Waals surface area (Å²) in [5.74, 6) is 1.92. The van der Waals surface area contributed by atoms with Crippen molar-refractivity contribution in [1.82, 2.24) is 0 Å². The van der Waals surface area contributed by atoms with Crippen molar-refractivity contribution in [2.75, 3.05) is 0 Å². The fourth-order valence-corrected chi connectivity index (χ4v) is 1.09. The van der Waals surface area contributed by atoms with Gasteiger partial charge < -0.3 is 6.42 Å². The van der Waals surface area contributed by atoms with E-state index in [1.165, 1.54) is 12.8 Å². The van der Waals surface area contributed by atoms with Crippen molar-refractivity contribution in [2.45, 2.75) is 26.7 Å². The minimum Gasteiger partial charge on any atom is -0.328 e. The lowest BCUT2D eigenvalue weighted by Crippen LogP contribution is -1.95. The van der Waals surface area contributed by atoms with E-state index in [1.54, 1.807) is 0 Å². The van der Waals surface area contributed by atoms with E-state index in [-0.39, 0.29) is 0 Å². The molecule has 1 rings (SSSR count). The summed E-state index contributed by atoms with van der Waals surface area (Å²) in [5.41, 5.74) is 0. The molecule has 0 spiro atoms. The molecule has 0 saturated heterocycles. The Bertz CT molecular complexity index is 49.1. The summed E-state index contributed by atoms with van der Waals surface area (Å²) in [7, 11) is 0. The summed E-state index contributed by atoms with van der Waals surface area (Å²) in [6.07, 6.45) is 5.09. The molecule has 42 valence electrons. The van der Waals surface area contributed by atoms with Crippen LogP contribution in [-0.2, 0) is 0 Å². The molecule has 2 atom stereocenters. The van der Waals surface area contributed by atoms with Gasteiger partial charge >= 0.3 is 0 Å². The summed E-state index contributed by atoms with van der Waals surface area (Å²) < 4.78 is 0. The Labute approximate surface area is 45.9 Å². The van der Waals surface area contributed by atoms with E-state index in [9.17, 15) is 0 Å². The molecular formula is C7H13-. The van der Waals surface area contributed by atoms with Crippen LogP contribution < -0.4 is 0 Å². The van der Waals surface area contributed by atoms with Gasteiger partial charge in [-0.25, -0.2) is 0 Å². The molecule has 1 fully saturated rings. The summed E-state index contributed by atoms with van der Waals surface area (Å²) in [5, 5.41) is 0. The lowest BCUT2D eigenvalue weighted by Gasteiger charge is -2.09. The van der Waals surface area contributed by atoms with Crippen LogP contribution in [0.3, 0.4) is 0 Å². The Balaban J connectivity index is 2.33. The largest absolute Gasteiger partial charge is 0.328 e. The number of rotatable bonds is 0.